The molecule has 1 aromatic rings. The zero-order valence-electron chi connectivity index (χ0n) is 13.1. The predicted molar refractivity (Wildman–Crippen MR) is 90.1 cm³/mol. The van der Waals surface area contributed by atoms with Gasteiger partial charge in [0.15, 0.2) is 11.1 Å². The second-order valence-electron chi connectivity index (χ2n) is 5.21. The lowest BCUT2D eigenvalue weighted by atomic mass is 10.1. The van der Waals surface area contributed by atoms with Crippen LogP contribution >= 0.6 is 0 Å². The van der Waals surface area contributed by atoms with Crippen LogP contribution in [-0.4, -0.2) is 26.7 Å². The Kier molecular flexibility index (Phi) is 8.54. The monoisotopic (exact) mass is 327 g/mol. The molecule has 0 bridgehead atoms. The summed E-state index contributed by atoms with van der Waals surface area (Å²) in [5.74, 6) is -0.0215. The van der Waals surface area contributed by atoms with Crippen LogP contribution in [0.15, 0.2) is 24.3 Å². The zero-order valence-corrected chi connectivity index (χ0v) is 13.9. The maximum atomic E-state index is 11.8. The molecule has 0 saturated carbocycles. The number of benzene rings is 1. The Bertz CT molecular complexity index is 497. The first-order chi connectivity index (χ1) is 10.5. The van der Waals surface area contributed by atoms with E-state index in [0.717, 1.165) is 30.5 Å². The smallest absolute Gasteiger partial charge is 0.315 e. The van der Waals surface area contributed by atoms with E-state index in [-0.39, 0.29) is 17.9 Å². The maximum Gasteiger partial charge on any atom is 0.315 e. The van der Waals surface area contributed by atoms with Gasteiger partial charge in [-0.15, -0.1) is 0 Å². The molecule has 0 heterocycles. The number of hydrogen-bond donors (Lipinski definition) is 4. The van der Waals surface area contributed by atoms with E-state index in [1.54, 1.807) is 0 Å². The van der Waals surface area contributed by atoms with Gasteiger partial charge in [0, 0.05) is 18.3 Å². The standard InChI is InChI=1S/C15H25N3O3S/c1-3-4-6-12(2)18-15(19)16-10-13-7-5-8-14(9-13)17-11-22(20)21/h5,7-9,12,17H,3-4,6,10-11H2,1-2H3,(H,20,21)(H2,16,18,19)/t12-/m0/s1. The first-order valence-corrected chi connectivity index (χ1v) is 8.73. The molecule has 7 heteroatoms. The summed E-state index contributed by atoms with van der Waals surface area (Å²) in [6.07, 6.45) is 3.19. The van der Waals surface area contributed by atoms with Crippen LogP contribution in [-0.2, 0) is 17.6 Å². The van der Waals surface area contributed by atoms with Crippen LogP contribution < -0.4 is 16.0 Å². The summed E-state index contributed by atoms with van der Waals surface area (Å²) in [5.41, 5.74) is 1.67. The van der Waals surface area contributed by atoms with Gasteiger partial charge in [0.25, 0.3) is 0 Å². The maximum absolute atomic E-state index is 11.8. The Morgan fingerprint density at radius 1 is 1.41 bits per heavy atom. The topological polar surface area (TPSA) is 90.5 Å². The van der Waals surface area contributed by atoms with Crippen molar-refractivity contribution in [2.45, 2.75) is 45.7 Å². The highest BCUT2D eigenvalue weighted by atomic mass is 32.2. The lowest BCUT2D eigenvalue weighted by Crippen LogP contribution is -2.40. The van der Waals surface area contributed by atoms with Gasteiger partial charge >= 0.3 is 6.03 Å². The second-order valence-corrected chi connectivity index (χ2v) is 6.14. The summed E-state index contributed by atoms with van der Waals surface area (Å²) >= 11 is -1.88. The van der Waals surface area contributed by atoms with Crippen molar-refractivity contribution >= 4 is 22.8 Å². The Balaban J connectivity index is 2.38. The first kappa shape index (κ1) is 18.4. The van der Waals surface area contributed by atoms with E-state index in [4.69, 9.17) is 4.55 Å². The molecule has 0 aliphatic rings. The van der Waals surface area contributed by atoms with Crippen LogP contribution in [0.2, 0.25) is 0 Å². The van der Waals surface area contributed by atoms with Gasteiger partial charge in [-0.05, 0) is 31.0 Å². The highest BCUT2D eigenvalue weighted by Gasteiger charge is 2.06. The van der Waals surface area contributed by atoms with E-state index in [2.05, 4.69) is 22.9 Å². The number of rotatable bonds is 9. The van der Waals surface area contributed by atoms with Crippen LogP contribution in [0.4, 0.5) is 10.5 Å². The van der Waals surface area contributed by atoms with E-state index < -0.39 is 11.1 Å². The summed E-state index contributed by atoms with van der Waals surface area (Å²) in [4.78, 5) is 11.8. The summed E-state index contributed by atoms with van der Waals surface area (Å²) in [6, 6.07) is 7.35. The first-order valence-electron chi connectivity index (χ1n) is 7.46. The molecule has 1 aromatic carbocycles. The number of carbonyl (C=O) groups excluding carboxylic acids is 1. The second kappa shape index (κ2) is 10.2. The van der Waals surface area contributed by atoms with Gasteiger partial charge in [-0.1, -0.05) is 31.9 Å². The van der Waals surface area contributed by atoms with Gasteiger partial charge in [0.05, 0.1) is 0 Å². The quantitative estimate of drug-likeness (QED) is 0.525. The molecule has 0 spiro atoms. The van der Waals surface area contributed by atoms with Crippen molar-refractivity contribution in [1.82, 2.24) is 10.6 Å². The van der Waals surface area contributed by atoms with Crippen molar-refractivity contribution in [1.29, 1.82) is 0 Å². The molecule has 0 radical (unpaired) electrons. The number of anilines is 1. The molecule has 0 aromatic heterocycles. The third-order valence-electron chi connectivity index (χ3n) is 3.15. The van der Waals surface area contributed by atoms with Crippen LogP contribution in [0.1, 0.15) is 38.7 Å². The summed E-state index contributed by atoms with van der Waals surface area (Å²) in [7, 11) is 0. The number of amides is 2. The fraction of sp³-hybridized carbons (Fsp3) is 0.533. The minimum atomic E-state index is -1.88. The van der Waals surface area contributed by atoms with Gasteiger partial charge in [0.1, 0.15) is 5.88 Å². The van der Waals surface area contributed by atoms with Crippen LogP contribution in [0.25, 0.3) is 0 Å². The fourth-order valence-corrected chi connectivity index (χ4v) is 2.27. The van der Waals surface area contributed by atoms with Crippen molar-refractivity contribution in [3.8, 4) is 0 Å². The van der Waals surface area contributed by atoms with E-state index >= 15 is 0 Å². The average Bonchev–Trinajstić information content (AvgIpc) is 2.49. The van der Waals surface area contributed by atoms with E-state index in [0.29, 0.717) is 6.54 Å². The van der Waals surface area contributed by atoms with E-state index in [1.165, 1.54) is 0 Å². The van der Waals surface area contributed by atoms with Gasteiger partial charge < -0.3 is 20.5 Å². The molecule has 1 unspecified atom stereocenters. The molecule has 2 amide bonds. The zero-order chi connectivity index (χ0) is 16.4. The molecule has 1 rings (SSSR count). The Morgan fingerprint density at radius 2 is 2.18 bits per heavy atom. The number of hydrogen-bond acceptors (Lipinski definition) is 3. The minimum Gasteiger partial charge on any atom is -0.372 e. The van der Waals surface area contributed by atoms with E-state index in [1.807, 2.05) is 31.2 Å². The van der Waals surface area contributed by atoms with Crippen LogP contribution in [0, 0.1) is 0 Å². The lowest BCUT2D eigenvalue weighted by Gasteiger charge is -2.14. The SMILES string of the molecule is CCCC[C@H](C)NC(=O)NCc1cccc(NCS(=O)O)c1. The van der Waals surface area contributed by atoms with Gasteiger partial charge in [0.2, 0.25) is 0 Å². The van der Waals surface area contributed by atoms with Crippen molar-refractivity contribution < 1.29 is 13.6 Å². The van der Waals surface area contributed by atoms with E-state index in [9.17, 15) is 9.00 Å². The highest BCUT2D eigenvalue weighted by molar-refractivity contribution is 7.79. The molecule has 4 N–H and O–H groups in total. The van der Waals surface area contributed by atoms with Crippen molar-refractivity contribution in [2.75, 3.05) is 11.2 Å². The summed E-state index contributed by atoms with van der Waals surface area (Å²) in [5, 5.41) is 8.56. The summed E-state index contributed by atoms with van der Waals surface area (Å²) < 4.78 is 19.4. The number of unbranched alkanes of at least 4 members (excludes halogenated alkanes) is 1. The molecule has 6 nitrogen and oxygen atoms in total. The molecule has 0 aliphatic heterocycles. The number of nitrogens with one attached hydrogen (secondary N) is 3. The van der Waals surface area contributed by atoms with Crippen molar-refractivity contribution in [3.63, 3.8) is 0 Å². The molecule has 124 valence electrons. The normalized spacial score (nSPS) is 13.2. The van der Waals surface area contributed by atoms with Gasteiger partial charge in [-0.25, -0.2) is 9.00 Å². The highest BCUT2D eigenvalue weighted by Crippen LogP contribution is 2.10. The number of carbonyl (C=O) groups is 1. The number of urea groups is 1. The third-order valence-corrected chi connectivity index (χ3v) is 3.54. The van der Waals surface area contributed by atoms with Crippen LogP contribution in [0.5, 0.6) is 0 Å². The Labute approximate surface area is 134 Å². The predicted octanol–water partition coefficient (Wildman–Crippen LogP) is 2.66. The fourth-order valence-electron chi connectivity index (χ4n) is 1.98. The van der Waals surface area contributed by atoms with Gasteiger partial charge in [-0.2, -0.15) is 0 Å². The molecular formula is C15H25N3O3S. The summed E-state index contributed by atoms with van der Waals surface area (Å²) in [6.45, 7) is 4.53. The molecule has 0 aliphatic carbocycles. The molecule has 22 heavy (non-hydrogen) atoms. The average molecular weight is 327 g/mol. The largest absolute Gasteiger partial charge is 0.372 e. The molecule has 0 fully saturated rings. The van der Waals surface area contributed by atoms with Gasteiger partial charge in [-0.3, -0.25) is 0 Å². The van der Waals surface area contributed by atoms with Crippen LogP contribution in [0.3, 0.4) is 0 Å². The molecule has 2 atom stereocenters. The minimum absolute atomic E-state index is 0.0215. The Hall–Kier alpha value is -1.60. The lowest BCUT2D eigenvalue weighted by molar-refractivity contribution is 0.236. The Morgan fingerprint density at radius 3 is 2.86 bits per heavy atom. The third kappa shape index (κ3) is 7.99. The molecular weight excluding hydrogens is 302 g/mol. The van der Waals surface area contributed by atoms with Crippen molar-refractivity contribution in [3.05, 3.63) is 29.8 Å². The van der Waals surface area contributed by atoms with Crippen molar-refractivity contribution in [2.24, 2.45) is 0 Å². The molecule has 0 saturated heterocycles.